The van der Waals surface area contributed by atoms with Crippen LogP contribution in [-0.4, -0.2) is 52.6 Å². The van der Waals surface area contributed by atoms with Crippen LogP contribution in [0.4, 0.5) is 5.82 Å². The molecule has 0 bridgehead atoms. The van der Waals surface area contributed by atoms with Gasteiger partial charge in [-0.25, -0.2) is 4.68 Å². The SMILES string of the molecule is CN(CC(=O)O)Cc1cc(-c2nn(C3CCOCC3)c(N)c2C#N)ccc1Br. The minimum absolute atomic E-state index is 0.0640. The highest BCUT2D eigenvalue weighted by Gasteiger charge is 2.24. The van der Waals surface area contributed by atoms with Gasteiger partial charge in [-0.15, -0.1) is 0 Å². The minimum atomic E-state index is -0.885. The van der Waals surface area contributed by atoms with Crippen molar-refractivity contribution in [3.63, 3.8) is 0 Å². The fourth-order valence-corrected chi connectivity index (χ4v) is 3.76. The summed E-state index contributed by atoms with van der Waals surface area (Å²) in [5.74, 6) is -0.513. The Kier molecular flexibility index (Phi) is 6.34. The molecule has 1 saturated heterocycles. The van der Waals surface area contributed by atoms with E-state index in [0.717, 1.165) is 28.4 Å². The zero-order chi connectivity index (χ0) is 20.3. The third-order valence-electron chi connectivity index (χ3n) is 4.76. The molecular formula is C19H22BrN5O3. The summed E-state index contributed by atoms with van der Waals surface area (Å²) in [4.78, 5) is 12.6. The number of halogens is 1. The number of carboxylic acid groups (broad SMARTS) is 1. The molecule has 2 heterocycles. The number of benzene rings is 1. The number of rotatable bonds is 6. The first kappa shape index (κ1) is 20.3. The van der Waals surface area contributed by atoms with Crippen LogP contribution in [0, 0.1) is 11.3 Å². The van der Waals surface area contributed by atoms with Crippen LogP contribution in [-0.2, 0) is 16.1 Å². The van der Waals surface area contributed by atoms with Gasteiger partial charge in [0.25, 0.3) is 0 Å². The van der Waals surface area contributed by atoms with E-state index in [0.29, 0.717) is 36.8 Å². The smallest absolute Gasteiger partial charge is 0.317 e. The molecule has 148 valence electrons. The van der Waals surface area contributed by atoms with Crippen LogP contribution in [0.15, 0.2) is 22.7 Å². The van der Waals surface area contributed by atoms with E-state index in [1.807, 2.05) is 18.2 Å². The summed E-state index contributed by atoms with van der Waals surface area (Å²) in [6, 6.07) is 7.97. The molecule has 0 radical (unpaired) electrons. The number of nitrogens with two attached hydrogens (primary N) is 1. The predicted octanol–water partition coefficient (Wildman–Crippen LogP) is 2.63. The van der Waals surface area contributed by atoms with Crippen LogP contribution in [0.3, 0.4) is 0 Å². The van der Waals surface area contributed by atoms with Gasteiger partial charge in [0.15, 0.2) is 0 Å². The Morgan fingerprint density at radius 3 is 2.86 bits per heavy atom. The molecule has 0 unspecified atom stereocenters. The number of ether oxygens (including phenoxy) is 1. The number of aromatic nitrogens is 2. The van der Waals surface area contributed by atoms with Gasteiger partial charge in [0.05, 0.1) is 12.6 Å². The lowest BCUT2D eigenvalue weighted by Gasteiger charge is -2.23. The molecule has 9 heteroatoms. The molecule has 3 N–H and O–H groups in total. The number of likely N-dealkylation sites (N-methyl/N-ethyl adjacent to an activating group) is 1. The number of anilines is 1. The van der Waals surface area contributed by atoms with Crippen molar-refractivity contribution in [1.29, 1.82) is 5.26 Å². The lowest BCUT2D eigenvalue weighted by atomic mass is 10.0. The standard InChI is InChI=1S/C19H22BrN5O3/c1-24(11-17(26)27)10-13-8-12(2-3-16(13)20)18-15(9-21)19(22)25(23-18)14-4-6-28-7-5-14/h2-3,8,14H,4-7,10-11,22H2,1H3,(H,26,27). The van der Waals surface area contributed by atoms with Gasteiger partial charge in [-0.1, -0.05) is 22.0 Å². The Morgan fingerprint density at radius 1 is 1.50 bits per heavy atom. The second-order valence-corrected chi connectivity index (χ2v) is 7.74. The van der Waals surface area contributed by atoms with Gasteiger partial charge in [0.2, 0.25) is 0 Å². The Morgan fingerprint density at radius 2 is 2.21 bits per heavy atom. The van der Waals surface area contributed by atoms with Crippen LogP contribution in [0.2, 0.25) is 0 Å². The molecule has 0 atom stereocenters. The van der Waals surface area contributed by atoms with E-state index in [1.54, 1.807) is 16.6 Å². The van der Waals surface area contributed by atoms with E-state index in [4.69, 9.17) is 15.6 Å². The topological polar surface area (TPSA) is 117 Å². The highest BCUT2D eigenvalue weighted by atomic mass is 79.9. The van der Waals surface area contributed by atoms with Gasteiger partial charge in [0.1, 0.15) is 23.1 Å². The number of carboxylic acids is 1. The number of nitrogen functional groups attached to an aromatic ring is 1. The third kappa shape index (κ3) is 4.35. The molecule has 0 saturated carbocycles. The second-order valence-electron chi connectivity index (χ2n) is 6.88. The van der Waals surface area contributed by atoms with E-state index >= 15 is 0 Å². The summed E-state index contributed by atoms with van der Waals surface area (Å²) < 4.78 is 8.01. The number of aliphatic carboxylic acids is 1. The van der Waals surface area contributed by atoms with Crippen LogP contribution < -0.4 is 5.73 Å². The lowest BCUT2D eigenvalue weighted by Crippen LogP contribution is -2.25. The van der Waals surface area contributed by atoms with Crippen molar-refractivity contribution < 1.29 is 14.6 Å². The molecule has 1 aliphatic rings. The van der Waals surface area contributed by atoms with Crippen molar-refractivity contribution in [2.45, 2.75) is 25.4 Å². The van der Waals surface area contributed by atoms with Crippen LogP contribution in [0.5, 0.6) is 0 Å². The molecule has 2 aromatic rings. The van der Waals surface area contributed by atoms with Gasteiger partial charge >= 0.3 is 5.97 Å². The molecule has 28 heavy (non-hydrogen) atoms. The number of hydrogen-bond donors (Lipinski definition) is 2. The van der Waals surface area contributed by atoms with E-state index in [9.17, 15) is 10.1 Å². The van der Waals surface area contributed by atoms with Crippen molar-refractivity contribution in [3.8, 4) is 17.3 Å². The van der Waals surface area contributed by atoms with Gasteiger partial charge in [-0.05, 0) is 37.6 Å². The van der Waals surface area contributed by atoms with Crippen molar-refractivity contribution in [1.82, 2.24) is 14.7 Å². The van der Waals surface area contributed by atoms with Crippen LogP contribution in [0.1, 0.15) is 30.0 Å². The van der Waals surface area contributed by atoms with Crippen LogP contribution in [0.25, 0.3) is 11.3 Å². The maximum atomic E-state index is 10.9. The maximum Gasteiger partial charge on any atom is 0.317 e. The molecule has 0 spiro atoms. The van der Waals surface area contributed by atoms with E-state index in [-0.39, 0.29) is 12.6 Å². The second kappa shape index (κ2) is 8.73. The van der Waals surface area contributed by atoms with Gasteiger partial charge in [-0.2, -0.15) is 10.4 Å². The molecular weight excluding hydrogens is 426 g/mol. The summed E-state index contributed by atoms with van der Waals surface area (Å²) in [5.41, 5.74) is 8.82. The highest BCUT2D eigenvalue weighted by molar-refractivity contribution is 9.10. The Labute approximate surface area is 171 Å². The van der Waals surface area contributed by atoms with Crippen molar-refractivity contribution in [2.24, 2.45) is 0 Å². The predicted molar refractivity (Wildman–Crippen MR) is 108 cm³/mol. The molecule has 0 aliphatic carbocycles. The van der Waals surface area contributed by atoms with Crippen molar-refractivity contribution in [2.75, 3.05) is 32.5 Å². The fourth-order valence-electron chi connectivity index (χ4n) is 3.39. The van der Waals surface area contributed by atoms with Crippen molar-refractivity contribution >= 4 is 27.7 Å². The van der Waals surface area contributed by atoms with Gasteiger partial charge in [0, 0.05) is 29.8 Å². The summed E-state index contributed by atoms with van der Waals surface area (Å²) >= 11 is 3.51. The average molecular weight is 448 g/mol. The average Bonchev–Trinajstić information content (AvgIpc) is 3.00. The monoisotopic (exact) mass is 447 g/mol. The zero-order valence-corrected chi connectivity index (χ0v) is 17.1. The normalized spacial score (nSPS) is 14.9. The van der Waals surface area contributed by atoms with Gasteiger partial charge < -0.3 is 15.6 Å². The number of nitrogens with zero attached hydrogens (tertiary/aromatic N) is 4. The number of hydrogen-bond acceptors (Lipinski definition) is 6. The summed E-state index contributed by atoms with van der Waals surface area (Å²) in [6.07, 6.45) is 1.61. The lowest BCUT2D eigenvalue weighted by molar-refractivity contribution is -0.138. The molecule has 0 amide bonds. The summed E-state index contributed by atoms with van der Waals surface area (Å²) in [5, 5.41) is 23.3. The summed E-state index contributed by atoms with van der Waals surface area (Å²) in [7, 11) is 1.74. The first-order valence-electron chi connectivity index (χ1n) is 8.95. The summed E-state index contributed by atoms with van der Waals surface area (Å²) in [6.45, 7) is 1.68. The molecule has 1 fully saturated rings. The molecule has 1 aliphatic heterocycles. The maximum absolute atomic E-state index is 10.9. The molecule has 3 rings (SSSR count). The first-order valence-corrected chi connectivity index (χ1v) is 9.75. The Balaban J connectivity index is 1.96. The quantitative estimate of drug-likeness (QED) is 0.698. The molecule has 8 nitrogen and oxygen atoms in total. The fraction of sp³-hybridized carbons (Fsp3) is 0.421. The Bertz CT molecular complexity index is 915. The first-order chi connectivity index (χ1) is 13.4. The largest absolute Gasteiger partial charge is 0.480 e. The zero-order valence-electron chi connectivity index (χ0n) is 15.6. The number of carbonyl (C=O) groups is 1. The van der Waals surface area contributed by atoms with E-state index in [1.165, 1.54) is 0 Å². The minimum Gasteiger partial charge on any atom is -0.480 e. The van der Waals surface area contributed by atoms with Crippen molar-refractivity contribution in [3.05, 3.63) is 33.8 Å². The highest BCUT2D eigenvalue weighted by Crippen LogP contribution is 2.33. The molecule has 1 aromatic carbocycles. The van der Waals surface area contributed by atoms with Gasteiger partial charge in [-0.3, -0.25) is 9.69 Å². The number of nitriles is 1. The van der Waals surface area contributed by atoms with E-state index in [2.05, 4.69) is 27.1 Å². The Hall–Kier alpha value is -2.41. The van der Waals surface area contributed by atoms with Crippen LogP contribution >= 0.6 is 15.9 Å². The van der Waals surface area contributed by atoms with E-state index < -0.39 is 5.97 Å². The third-order valence-corrected chi connectivity index (χ3v) is 5.53. The molecule has 1 aromatic heterocycles.